The lowest BCUT2D eigenvalue weighted by molar-refractivity contribution is -0.130. The normalized spacial score (nSPS) is 26.0. The fraction of sp³-hybridized carbons (Fsp3) is 0.471. The van der Waals surface area contributed by atoms with Crippen molar-refractivity contribution in [2.45, 2.75) is 31.2 Å². The van der Waals surface area contributed by atoms with E-state index in [-0.39, 0.29) is 18.2 Å². The molecule has 0 aromatic heterocycles. The molecule has 5 nitrogen and oxygen atoms in total. The number of hydrogen-bond acceptors (Lipinski definition) is 4. The van der Waals surface area contributed by atoms with Crippen LogP contribution in [0.5, 0.6) is 0 Å². The Bertz CT molecular complexity index is 710. The van der Waals surface area contributed by atoms with Crippen LogP contribution in [-0.4, -0.2) is 46.2 Å². The predicted molar refractivity (Wildman–Crippen MR) is 87.7 cm³/mol. The van der Waals surface area contributed by atoms with E-state index in [1.807, 2.05) is 18.2 Å². The second-order valence-corrected chi connectivity index (χ2v) is 7.57. The summed E-state index contributed by atoms with van der Waals surface area (Å²) in [5, 5.41) is 2.79. The molecule has 4 rings (SSSR count). The minimum absolute atomic E-state index is 0.171. The molecule has 23 heavy (non-hydrogen) atoms. The van der Waals surface area contributed by atoms with Gasteiger partial charge in [0.25, 0.3) is 5.91 Å². The van der Waals surface area contributed by atoms with Gasteiger partial charge in [-0.3, -0.25) is 14.5 Å². The van der Waals surface area contributed by atoms with Crippen molar-refractivity contribution >= 4 is 29.5 Å². The van der Waals surface area contributed by atoms with Crippen LogP contribution in [0.25, 0.3) is 0 Å². The summed E-state index contributed by atoms with van der Waals surface area (Å²) in [4.78, 5) is 38.3. The lowest BCUT2D eigenvalue weighted by Gasteiger charge is -2.19. The average Bonchev–Trinajstić information content (AvgIpc) is 3.24. The predicted octanol–water partition coefficient (Wildman–Crippen LogP) is 1.79. The van der Waals surface area contributed by atoms with E-state index >= 15 is 0 Å². The molecule has 3 amide bonds. The van der Waals surface area contributed by atoms with E-state index in [1.54, 1.807) is 11.8 Å². The molecule has 1 spiro atoms. The van der Waals surface area contributed by atoms with Crippen LogP contribution in [0.4, 0.5) is 4.79 Å². The molecule has 2 saturated heterocycles. The molecule has 1 aliphatic carbocycles. The topological polar surface area (TPSA) is 66.5 Å². The number of carbonyl (C=O) groups excluding carboxylic acids is 3. The number of ketones is 1. The monoisotopic (exact) mass is 330 g/mol. The molecule has 2 fully saturated rings. The third-order valence-electron chi connectivity index (χ3n) is 4.99. The summed E-state index contributed by atoms with van der Waals surface area (Å²) in [5.41, 5.74) is 2.34. The first-order valence-corrected chi connectivity index (χ1v) is 9.11. The summed E-state index contributed by atoms with van der Waals surface area (Å²) in [6, 6.07) is 5.29. The van der Waals surface area contributed by atoms with Crippen molar-refractivity contribution in [3.05, 3.63) is 34.9 Å². The number of Topliss-reactive ketones (excluding diaryl/α,β-unsaturated/α-hetero) is 1. The van der Waals surface area contributed by atoms with Gasteiger partial charge in [0.15, 0.2) is 5.78 Å². The summed E-state index contributed by atoms with van der Waals surface area (Å²) in [5.74, 6) is 1.03. The number of imide groups is 1. The number of carbonyl (C=O) groups is 3. The zero-order valence-electron chi connectivity index (χ0n) is 12.8. The average molecular weight is 330 g/mol. The Kier molecular flexibility index (Phi) is 3.44. The summed E-state index contributed by atoms with van der Waals surface area (Å²) in [6.45, 7) is -0.171. The smallest absolute Gasteiger partial charge is 0.322 e. The number of hydrogen-bond donors (Lipinski definition) is 1. The molecule has 120 valence electrons. The molecule has 1 aromatic rings. The van der Waals surface area contributed by atoms with Gasteiger partial charge in [0, 0.05) is 11.3 Å². The van der Waals surface area contributed by atoms with Gasteiger partial charge in [-0.05, 0) is 48.6 Å². The first-order valence-electron chi connectivity index (χ1n) is 7.96. The third kappa shape index (κ3) is 2.36. The standard InChI is InChI=1S/C17H18N2O3S/c20-14(13-5-4-11-2-1-3-12(11)8-13)9-19-15(21)17(18-16(19)22)6-7-23-10-17/h4-5,8H,1-3,6-7,9-10H2,(H,18,22). The minimum Gasteiger partial charge on any atom is -0.322 e. The first-order chi connectivity index (χ1) is 11.1. The Balaban J connectivity index is 1.52. The molecule has 0 bridgehead atoms. The maximum absolute atomic E-state index is 12.6. The molecule has 0 saturated carbocycles. The van der Waals surface area contributed by atoms with Crippen LogP contribution in [0.1, 0.15) is 34.3 Å². The molecule has 0 radical (unpaired) electrons. The van der Waals surface area contributed by atoms with E-state index in [1.165, 1.54) is 11.1 Å². The van der Waals surface area contributed by atoms with Crippen LogP contribution in [0.2, 0.25) is 0 Å². The van der Waals surface area contributed by atoms with Crippen molar-refractivity contribution < 1.29 is 14.4 Å². The van der Waals surface area contributed by atoms with Crippen molar-refractivity contribution in [1.82, 2.24) is 10.2 Å². The number of fused-ring (bicyclic) bond motifs is 1. The number of thioether (sulfide) groups is 1. The molecule has 1 unspecified atom stereocenters. The molecular weight excluding hydrogens is 312 g/mol. The van der Waals surface area contributed by atoms with Gasteiger partial charge in [-0.25, -0.2) is 4.79 Å². The number of amides is 3. The van der Waals surface area contributed by atoms with E-state index in [4.69, 9.17) is 0 Å². The number of nitrogens with one attached hydrogen (secondary N) is 1. The summed E-state index contributed by atoms with van der Waals surface area (Å²) >= 11 is 1.66. The Morgan fingerprint density at radius 1 is 1.26 bits per heavy atom. The molecule has 1 atom stereocenters. The van der Waals surface area contributed by atoms with Gasteiger partial charge in [-0.15, -0.1) is 0 Å². The van der Waals surface area contributed by atoms with Gasteiger partial charge in [0.2, 0.25) is 0 Å². The number of rotatable bonds is 3. The van der Waals surface area contributed by atoms with E-state index in [0.717, 1.165) is 29.9 Å². The molecule has 1 aromatic carbocycles. The Morgan fingerprint density at radius 2 is 2.09 bits per heavy atom. The highest BCUT2D eigenvalue weighted by Crippen LogP contribution is 2.33. The van der Waals surface area contributed by atoms with Crippen molar-refractivity contribution in [2.75, 3.05) is 18.1 Å². The van der Waals surface area contributed by atoms with E-state index in [0.29, 0.717) is 17.7 Å². The molecule has 2 heterocycles. The number of nitrogens with zero attached hydrogens (tertiary/aromatic N) is 1. The first kappa shape index (κ1) is 14.8. The highest BCUT2D eigenvalue weighted by atomic mass is 32.2. The summed E-state index contributed by atoms with van der Waals surface area (Å²) in [6.07, 6.45) is 3.84. The quantitative estimate of drug-likeness (QED) is 0.678. The summed E-state index contributed by atoms with van der Waals surface area (Å²) < 4.78 is 0. The SMILES string of the molecule is O=C(CN1C(=O)NC2(CCSC2)C1=O)c1ccc2c(c1)CCC2. The van der Waals surface area contributed by atoms with Gasteiger partial charge in [-0.2, -0.15) is 11.8 Å². The van der Waals surface area contributed by atoms with Gasteiger partial charge in [-0.1, -0.05) is 12.1 Å². The van der Waals surface area contributed by atoms with Crippen LogP contribution < -0.4 is 5.32 Å². The fourth-order valence-electron chi connectivity index (χ4n) is 3.63. The highest BCUT2D eigenvalue weighted by molar-refractivity contribution is 7.99. The van der Waals surface area contributed by atoms with E-state index in [2.05, 4.69) is 5.32 Å². The van der Waals surface area contributed by atoms with Crippen LogP contribution in [0.15, 0.2) is 18.2 Å². The van der Waals surface area contributed by atoms with Gasteiger partial charge >= 0.3 is 6.03 Å². The lowest BCUT2D eigenvalue weighted by atomic mass is 9.99. The molecule has 1 N–H and O–H groups in total. The van der Waals surface area contributed by atoms with Crippen LogP contribution in [0, 0.1) is 0 Å². The lowest BCUT2D eigenvalue weighted by Crippen LogP contribution is -2.47. The maximum Gasteiger partial charge on any atom is 0.325 e. The maximum atomic E-state index is 12.6. The number of benzene rings is 1. The zero-order valence-corrected chi connectivity index (χ0v) is 13.6. The second kappa shape index (κ2) is 5.37. The van der Waals surface area contributed by atoms with Crippen molar-refractivity contribution in [3.63, 3.8) is 0 Å². The van der Waals surface area contributed by atoms with Crippen molar-refractivity contribution in [2.24, 2.45) is 0 Å². The van der Waals surface area contributed by atoms with Gasteiger partial charge in [0.05, 0.1) is 6.54 Å². The Labute approximate surface area is 138 Å². The largest absolute Gasteiger partial charge is 0.325 e. The van der Waals surface area contributed by atoms with Crippen LogP contribution in [-0.2, 0) is 17.6 Å². The Hall–Kier alpha value is -1.82. The number of urea groups is 1. The van der Waals surface area contributed by atoms with Gasteiger partial charge in [0.1, 0.15) is 5.54 Å². The highest BCUT2D eigenvalue weighted by Gasteiger charge is 2.53. The molecule has 3 aliphatic rings. The van der Waals surface area contributed by atoms with Crippen LogP contribution >= 0.6 is 11.8 Å². The van der Waals surface area contributed by atoms with E-state index < -0.39 is 11.6 Å². The minimum atomic E-state index is -0.778. The molecule has 6 heteroatoms. The third-order valence-corrected chi connectivity index (χ3v) is 6.18. The van der Waals surface area contributed by atoms with Gasteiger partial charge < -0.3 is 5.32 Å². The number of aryl methyl sites for hydroxylation is 2. The second-order valence-electron chi connectivity index (χ2n) is 6.47. The zero-order chi connectivity index (χ0) is 16.0. The fourth-order valence-corrected chi connectivity index (χ4v) is 4.96. The van der Waals surface area contributed by atoms with Crippen LogP contribution in [0.3, 0.4) is 0 Å². The van der Waals surface area contributed by atoms with Crippen molar-refractivity contribution in [1.29, 1.82) is 0 Å². The molecular formula is C17H18N2O3S. The molecule has 2 aliphatic heterocycles. The Morgan fingerprint density at radius 3 is 2.87 bits per heavy atom. The summed E-state index contributed by atoms with van der Waals surface area (Å²) in [7, 11) is 0. The van der Waals surface area contributed by atoms with E-state index in [9.17, 15) is 14.4 Å². The van der Waals surface area contributed by atoms with Crippen molar-refractivity contribution in [3.8, 4) is 0 Å².